The zero-order chi connectivity index (χ0) is 8.97. The van der Waals surface area contributed by atoms with Crippen LogP contribution in [0.5, 0.6) is 0 Å². The van der Waals surface area contributed by atoms with Crippen molar-refractivity contribution in [2.45, 2.75) is 19.9 Å². The van der Waals surface area contributed by atoms with Gasteiger partial charge in [0.25, 0.3) is 0 Å². The highest BCUT2D eigenvalue weighted by Gasteiger charge is 2.21. The molecular formula is C9H20N2O. The van der Waals surface area contributed by atoms with Crippen LogP contribution in [0.25, 0.3) is 0 Å². The quantitative estimate of drug-likeness (QED) is 0.649. The maximum absolute atomic E-state index is 8.77. The molecule has 1 fully saturated rings. The first-order valence-corrected chi connectivity index (χ1v) is 4.85. The van der Waals surface area contributed by atoms with Crippen molar-refractivity contribution in [3.05, 3.63) is 0 Å². The van der Waals surface area contributed by atoms with E-state index in [2.05, 4.69) is 23.6 Å². The second-order valence-corrected chi connectivity index (χ2v) is 3.50. The highest BCUT2D eigenvalue weighted by Crippen LogP contribution is 2.07. The lowest BCUT2D eigenvalue weighted by Crippen LogP contribution is -2.52. The van der Waals surface area contributed by atoms with E-state index in [1.807, 2.05) is 0 Å². The number of aliphatic hydroxyl groups excluding tert-OH is 1. The van der Waals surface area contributed by atoms with Crippen molar-refractivity contribution >= 4 is 0 Å². The van der Waals surface area contributed by atoms with Gasteiger partial charge in [0.2, 0.25) is 0 Å². The van der Waals surface area contributed by atoms with E-state index in [1.54, 1.807) is 0 Å². The van der Waals surface area contributed by atoms with Crippen LogP contribution >= 0.6 is 0 Å². The molecule has 1 atom stereocenters. The van der Waals surface area contributed by atoms with Crippen molar-refractivity contribution in [2.24, 2.45) is 0 Å². The van der Waals surface area contributed by atoms with Crippen molar-refractivity contribution < 1.29 is 5.11 Å². The molecule has 0 aromatic carbocycles. The Morgan fingerprint density at radius 3 is 2.67 bits per heavy atom. The summed E-state index contributed by atoms with van der Waals surface area (Å²) in [6.07, 6.45) is 0. The van der Waals surface area contributed by atoms with Gasteiger partial charge in [-0.2, -0.15) is 0 Å². The monoisotopic (exact) mass is 172 g/mol. The third-order valence-corrected chi connectivity index (χ3v) is 2.67. The minimum atomic E-state index is 0.291. The predicted octanol–water partition coefficient (Wildman–Crippen LogP) is 0.00470. The molecule has 12 heavy (non-hydrogen) atoms. The highest BCUT2D eigenvalue weighted by atomic mass is 16.3. The fraction of sp³-hybridized carbons (Fsp3) is 1.00. The minimum absolute atomic E-state index is 0.291. The zero-order valence-corrected chi connectivity index (χ0v) is 8.16. The highest BCUT2D eigenvalue weighted by molar-refractivity contribution is 4.77. The number of nitrogens with zero attached hydrogens (tertiary/aromatic N) is 2. The maximum atomic E-state index is 8.77. The van der Waals surface area contributed by atoms with Crippen LogP contribution in [-0.2, 0) is 0 Å². The molecule has 3 nitrogen and oxygen atoms in total. The number of rotatable bonds is 3. The van der Waals surface area contributed by atoms with E-state index in [4.69, 9.17) is 5.11 Å². The van der Waals surface area contributed by atoms with Crippen LogP contribution in [0, 0.1) is 0 Å². The van der Waals surface area contributed by atoms with E-state index >= 15 is 0 Å². The van der Waals surface area contributed by atoms with Crippen LogP contribution in [0.2, 0.25) is 0 Å². The summed E-state index contributed by atoms with van der Waals surface area (Å²) in [7, 11) is 0. The van der Waals surface area contributed by atoms with Crippen LogP contribution < -0.4 is 0 Å². The van der Waals surface area contributed by atoms with Crippen LogP contribution in [0.15, 0.2) is 0 Å². The molecule has 0 bridgehead atoms. The molecule has 1 saturated heterocycles. The Kier molecular flexibility index (Phi) is 3.98. The molecule has 1 aliphatic heterocycles. The van der Waals surface area contributed by atoms with E-state index in [9.17, 15) is 0 Å². The first kappa shape index (κ1) is 9.96. The van der Waals surface area contributed by atoms with Crippen LogP contribution in [-0.4, -0.2) is 60.3 Å². The standard InChI is InChI=1S/C9H20N2O/c1-3-11-5-4-10(6-7-12)8-9(11)2/h9,12H,3-8H2,1-2H3. The molecule has 3 heteroatoms. The van der Waals surface area contributed by atoms with Crippen molar-refractivity contribution in [3.63, 3.8) is 0 Å². The van der Waals surface area contributed by atoms with Crippen LogP contribution in [0.3, 0.4) is 0 Å². The Morgan fingerprint density at radius 2 is 2.17 bits per heavy atom. The van der Waals surface area contributed by atoms with Crippen LogP contribution in [0.1, 0.15) is 13.8 Å². The Bertz CT molecular complexity index is 130. The van der Waals surface area contributed by atoms with Crippen molar-refractivity contribution in [2.75, 3.05) is 39.3 Å². The number of hydrogen-bond donors (Lipinski definition) is 1. The van der Waals surface area contributed by atoms with Crippen molar-refractivity contribution in [1.82, 2.24) is 9.80 Å². The number of likely N-dealkylation sites (N-methyl/N-ethyl adjacent to an activating group) is 1. The fourth-order valence-electron chi connectivity index (χ4n) is 1.88. The summed E-state index contributed by atoms with van der Waals surface area (Å²) in [5.41, 5.74) is 0. The van der Waals surface area contributed by atoms with Gasteiger partial charge in [-0.15, -0.1) is 0 Å². The number of β-amino-alcohol motifs (C(OH)–C–C–N with tert-alkyl or cyclic N) is 1. The number of piperazine rings is 1. The minimum Gasteiger partial charge on any atom is -0.395 e. The smallest absolute Gasteiger partial charge is 0.0558 e. The first-order chi connectivity index (χ1) is 5.77. The molecule has 1 unspecified atom stereocenters. The normalized spacial score (nSPS) is 27.8. The average molecular weight is 172 g/mol. The van der Waals surface area contributed by atoms with Gasteiger partial charge in [0.1, 0.15) is 0 Å². The van der Waals surface area contributed by atoms with E-state index in [0.717, 1.165) is 32.7 Å². The van der Waals surface area contributed by atoms with Crippen LogP contribution in [0.4, 0.5) is 0 Å². The summed E-state index contributed by atoms with van der Waals surface area (Å²) >= 11 is 0. The van der Waals surface area contributed by atoms with Gasteiger partial charge in [-0.3, -0.25) is 9.80 Å². The van der Waals surface area contributed by atoms with Gasteiger partial charge in [-0.1, -0.05) is 6.92 Å². The third-order valence-electron chi connectivity index (χ3n) is 2.67. The molecule has 1 N–H and O–H groups in total. The SMILES string of the molecule is CCN1CCN(CCO)CC1C. The van der Waals surface area contributed by atoms with Gasteiger partial charge in [0.15, 0.2) is 0 Å². The first-order valence-electron chi connectivity index (χ1n) is 4.85. The lowest BCUT2D eigenvalue weighted by Gasteiger charge is -2.39. The van der Waals surface area contributed by atoms with Gasteiger partial charge in [-0.05, 0) is 13.5 Å². The van der Waals surface area contributed by atoms with E-state index in [-0.39, 0.29) is 0 Å². The number of aliphatic hydroxyl groups is 1. The zero-order valence-electron chi connectivity index (χ0n) is 8.16. The molecule has 0 aromatic rings. The second-order valence-electron chi connectivity index (χ2n) is 3.50. The largest absolute Gasteiger partial charge is 0.395 e. The van der Waals surface area contributed by atoms with Gasteiger partial charge in [-0.25, -0.2) is 0 Å². The molecule has 1 rings (SSSR count). The Labute approximate surface area is 75.0 Å². The molecule has 0 spiro atoms. The molecule has 0 aliphatic carbocycles. The third kappa shape index (κ3) is 2.44. The molecule has 0 aromatic heterocycles. The molecule has 1 aliphatic rings. The Hall–Kier alpha value is -0.120. The van der Waals surface area contributed by atoms with Gasteiger partial charge in [0.05, 0.1) is 6.61 Å². The second kappa shape index (κ2) is 4.80. The maximum Gasteiger partial charge on any atom is 0.0558 e. The average Bonchev–Trinajstić information content (AvgIpc) is 2.05. The molecular weight excluding hydrogens is 152 g/mol. The Balaban J connectivity index is 2.30. The van der Waals surface area contributed by atoms with E-state index in [0.29, 0.717) is 12.6 Å². The Morgan fingerprint density at radius 1 is 1.42 bits per heavy atom. The molecule has 0 amide bonds. The summed E-state index contributed by atoms with van der Waals surface area (Å²) in [5, 5.41) is 8.77. The number of hydrogen-bond acceptors (Lipinski definition) is 3. The lowest BCUT2D eigenvalue weighted by atomic mass is 10.2. The van der Waals surface area contributed by atoms with E-state index < -0.39 is 0 Å². The molecule has 0 saturated carbocycles. The molecule has 72 valence electrons. The lowest BCUT2D eigenvalue weighted by molar-refractivity contribution is 0.0753. The summed E-state index contributed by atoms with van der Waals surface area (Å²) in [4.78, 5) is 4.81. The summed E-state index contributed by atoms with van der Waals surface area (Å²) in [5.74, 6) is 0. The predicted molar refractivity (Wildman–Crippen MR) is 50.2 cm³/mol. The molecule has 0 radical (unpaired) electrons. The summed E-state index contributed by atoms with van der Waals surface area (Å²) in [6.45, 7) is 10.1. The van der Waals surface area contributed by atoms with E-state index in [1.165, 1.54) is 0 Å². The van der Waals surface area contributed by atoms with Gasteiger partial charge >= 0.3 is 0 Å². The summed E-state index contributed by atoms with van der Waals surface area (Å²) < 4.78 is 0. The van der Waals surface area contributed by atoms with Gasteiger partial charge < -0.3 is 5.11 Å². The van der Waals surface area contributed by atoms with Crippen molar-refractivity contribution in [1.29, 1.82) is 0 Å². The summed E-state index contributed by atoms with van der Waals surface area (Å²) in [6, 6.07) is 0.648. The van der Waals surface area contributed by atoms with Crippen molar-refractivity contribution in [3.8, 4) is 0 Å². The van der Waals surface area contributed by atoms with Gasteiger partial charge in [0, 0.05) is 32.2 Å². The fourth-order valence-corrected chi connectivity index (χ4v) is 1.88. The molecule has 1 heterocycles. The topological polar surface area (TPSA) is 26.7 Å².